The topological polar surface area (TPSA) is 84.3 Å². The Morgan fingerprint density at radius 1 is 1.10 bits per heavy atom. The number of nitrogens with zero attached hydrogens (tertiary/aromatic N) is 1. The van der Waals surface area contributed by atoms with E-state index < -0.39 is 6.10 Å². The lowest BCUT2D eigenvalue weighted by Gasteiger charge is -2.19. The smallest absolute Gasteiger partial charge is 0.191 e. The van der Waals surface area contributed by atoms with E-state index in [2.05, 4.69) is 15.6 Å². The number of para-hydroxylation sites is 2. The summed E-state index contributed by atoms with van der Waals surface area (Å²) in [5.41, 5.74) is 0. The van der Waals surface area contributed by atoms with Crippen molar-refractivity contribution < 1.29 is 23.7 Å². The number of aliphatic imine (C=N–C) groups is 1. The first-order valence-electron chi connectivity index (χ1n) is 9.90. The molecule has 3 N–H and O–H groups in total. The maximum atomic E-state index is 12.9. The van der Waals surface area contributed by atoms with Crippen LogP contribution in [0.4, 0.5) is 4.39 Å². The molecule has 0 heterocycles. The molecule has 0 spiro atoms. The molecule has 0 saturated carbocycles. The van der Waals surface area contributed by atoms with E-state index in [0.29, 0.717) is 36.3 Å². The van der Waals surface area contributed by atoms with Crippen LogP contribution in [0.25, 0.3) is 0 Å². The van der Waals surface area contributed by atoms with E-state index in [-0.39, 0.29) is 49.0 Å². The Balaban J connectivity index is 0.00000480. The van der Waals surface area contributed by atoms with Crippen LogP contribution in [0, 0.1) is 5.82 Å². The fourth-order valence-corrected chi connectivity index (χ4v) is 2.53. The van der Waals surface area contributed by atoms with Crippen molar-refractivity contribution in [2.24, 2.45) is 4.99 Å². The van der Waals surface area contributed by atoms with E-state index in [1.807, 2.05) is 38.1 Å². The first-order valence-corrected chi connectivity index (χ1v) is 9.90. The summed E-state index contributed by atoms with van der Waals surface area (Å²) in [5, 5.41) is 16.4. The van der Waals surface area contributed by atoms with E-state index in [1.54, 1.807) is 7.11 Å². The summed E-state index contributed by atoms with van der Waals surface area (Å²) in [7, 11) is 1.60. The van der Waals surface area contributed by atoms with Crippen LogP contribution in [0.15, 0.2) is 53.5 Å². The van der Waals surface area contributed by atoms with Crippen LogP contribution in [0.5, 0.6) is 17.2 Å². The zero-order valence-corrected chi connectivity index (χ0v) is 20.3. The van der Waals surface area contributed by atoms with E-state index >= 15 is 0 Å². The monoisotopic (exact) mass is 547 g/mol. The molecule has 2 aromatic rings. The largest absolute Gasteiger partial charge is 0.493 e. The summed E-state index contributed by atoms with van der Waals surface area (Å²) in [4.78, 5) is 4.38. The summed E-state index contributed by atoms with van der Waals surface area (Å²) in [5.74, 6) is 2.07. The number of hydrogen-bond acceptors (Lipinski definition) is 5. The van der Waals surface area contributed by atoms with Gasteiger partial charge in [-0.15, -0.1) is 24.0 Å². The Morgan fingerprint density at radius 2 is 1.77 bits per heavy atom. The number of aliphatic hydroxyl groups is 1. The molecule has 2 rings (SSSR count). The molecule has 0 amide bonds. The van der Waals surface area contributed by atoms with Gasteiger partial charge in [0.15, 0.2) is 17.5 Å². The molecule has 9 heteroatoms. The van der Waals surface area contributed by atoms with Crippen molar-refractivity contribution in [2.45, 2.75) is 26.1 Å². The zero-order valence-electron chi connectivity index (χ0n) is 18.0. The molecular formula is C22H31FIN3O4. The van der Waals surface area contributed by atoms with Crippen molar-refractivity contribution in [3.05, 3.63) is 54.3 Å². The third kappa shape index (κ3) is 10.1. The lowest BCUT2D eigenvalue weighted by atomic mass is 10.3. The quantitative estimate of drug-likeness (QED) is 0.228. The van der Waals surface area contributed by atoms with Crippen LogP contribution in [0.3, 0.4) is 0 Å². The fourth-order valence-electron chi connectivity index (χ4n) is 2.53. The third-order valence-corrected chi connectivity index (χ3v) is 4.01. The van der Waals surface area contributed by atoms with Gasteiger partial charge >= 0.3 is 0 Å². The number of hydrogen-bond donors (Lipinski definition) is 3. The molecule has 31 heavy (non-hydrogen) atoms. The number of aliphatic hydroxyl groups excluding tert-OH is 1. The number of ether oxygens (including phenoxy) is 3. The van der Waals surface area contributed by atoms with Crippen LogP contribution >= 0.6 is 24.0 Å². The van der Waals surface area contributed by atoms with Gasteiger partial charge in [-0.05, 0) is 50.2 Å². The highest BCUT2D eigenvalue weighted by atomic mass is 127. The summed E-state index contributed by atoms with van der Waals surface area (Å²) in [6, 6.07) is 13.1. The summed E-state index contributed by atoms with van der Waals surface area (Å²) < 4.78 is 29.6. The predicted molar refractivity (Wildman–Crippen MR) is 130 cm³/mol. The van der Waals surface area contributed by atoms with Gasteiger partial charge in [0.1, 0.15) is 30.4 Å². The summed E-state index contributed by atoms with van der Waals surface area (Å²) in [6.07, 6.45) is -0.940. The highest BCUT2D eigenvalue weighted by Gasteiger charge is 2.10. The highest BCUT2D eigenvalue weighted by molar-refractivity contribution is 14.0. The van der Waals surface area contributed by atoms with Gasteiger partial charge in [-0.25, -0.2) is 4.39 Å². The standard InChI is InChI=1S/C22H30FN3O4.HI/c1-4-24-22(25-13-16(2)30-21-8-6-5-7-20(21)28-3)26-14-18(27)15-29-19-11-9-17(23)10-12-19;/h5-12,16,18,27H,4,13-15H2,1-3H3,(H2,24,25,26);1H. The van der Waals surface area contributed by atoms with E-state index in [9.17, 15) is 9.50 Å². The Labute approximate surface area is 200 Å². The van der Waals surface area contributed by atoms with E-state index in [4.69, 9.17) is 14.2 Å². The maximum Gasteiger partial charge on any atom is 0.191 e. The van der Waals surface area contributed by atoms with Crippen LogP contribution in [-0.2, 0) is 0 Å². The van der Waals surface area contributed by atoms with Gasteiger partial charge in [0, 0.05) is 6.54 Å². The van der Waals surface area contributed by atoms with Crippen LogP contribution < -0.4 is 24.8 Å². The minimum absolute atomic E-state index is 0. The number of nitrogens with one attached hydrogen (secondary N) is 2. The van der Waals surface area contributed by atoms with E-state index in [1.165, 1.54) is 24.3 Å². The van der Waals surface area contributed by atoms with Gasteiger partial charge in [-0.3, -0.25) is 4.99 Å². The Bertz CT molecular complexity index is 793. The van der Waals surface area contributed by atoms with Gasteiger partial charge in [0.05, 0.1) is 20.2 Å². The van der Waals surface area contributed by atoms with Gasteiger partial charge in [0.2, 0.25) is 0 Å². The van der Waals surface area contributed by atoms with Crippen LogP contribution in [0.1, 0.15) is 13.8 Å². The van der Waals surface area contributed by atoms with Crippen molar-refractivity contribution in [3.63, 3.8) is 0 Å². The second-order valence-electron chi connectivity index (χ2n) is 6.60. The SMILES string of the molecule is CCNC(=NCC(O)COc1ccc(F)cc1)NCC(C)Oc1ccccc1OC.I. The molecule has 2 unspecified atom stereocenters. The maximum absolute atomic E-state index is 12.9. The predicted octanol–water partition coefficient (Wildman–Crippen LogP) is 3.21. The minimum atomic E-state index is -0.798. The molecule has 172 valence electrons. The highest BCUT2D eigenvalue weighted by Crippen LogP contribution is 2.26. The zero-order chi connectivity index (χ0) is 21.8. The molecular weight excluding hydrogens is 516 g/mol. The first kappa shape index (κ1) is 26.8. The molecule has 0 aliphatic carbocycles. The van der Waals surface area contributed by atoms with Crippen molar-refractivity contribution in [2.75, 3.05) is 33.4 Å². The lowest BCUT2D eigenvalue weighted by molar-refractivity contribution is 0.114. The lowest BCUT2D eigenvalue weighted by Crippen LogP contribution is -2.42. The van der Waals surface area contributed by atoms with E-state index in [0.717, 1.165) is 0 Å². The average molecular weight is 547 g/mol. The molecule has 0 aliphatic rings. The molecule has 7 nitrogen and oxygen atoms in total. The van der Waals surface area contributed by atoms with Crippen molar-refractivity contribution in [1.82, 2.24) is 10.6 Å². The van der Waals surface area contributed by atoms with Crippen molar-refractivity contribution in [3.8, 4) is 17.2 Å². The molecule has 0 aromatic heterocycles. The Kier molecular flexibility index (Phi) is 12.7. The molecule has 0 radical (unpaired) electrons. The fraction of sp³-hybridized carbons (Fsp3) is 0.409. The third-order valence-electron chi connectivity index (χ3n) is 4.01. The summed E-state index contributed by atoms with van der Waals surface area (Å²) >= 11 is 0. The second kappa shape index (κ2) is 14.7. The molecule has 0 bridgehead atoms. The molecule has 0 saturated heterocycles. The first-order chi connectivity index (χ1) is 14.5. The Hall–Kier alpha value is -2.27. The van der Waals surface area contributed by atoms with Crippen molar-refractivity contribution >= 4 is 29.9 Å². The molecule has 2 aromatic carbocycles. The number of halogens is 2. The normalized spacial score (nSPS) is 12.9. The minimum Gasteiger partial charge on any atom is -0.493 e. The van der Waals surface area contributed by atoms with Gasteiger partial charge < -0.3 is 30.0 Å². The van der Waals surface area contributed by atoms with Crippen LogP contribution in [-0.4, -0.2) is 56.6 Å². The second-order valence-corrected chi connectivity index (χ2v) is 6.60. The molecule has 2 atom stereocenters. The number of guanidine groups is 1. The average Bonchev–Trinajstić information content (AvgIpc) is 2.75. The van der Waals surface area contributed by atoms with Crippen molar-refractivity contribution in [1.29, 1.82) is 0 Å². The number of benzene rings is 2. The van der Waals surface area contributed by atoms with Gasteiger partial charge in [0.25, 0.3) is 0 Å². The summed E-state index contributed by atoms with van der Waals surface area (Å²) in [6.45, 7) is 5.29. The van der Waals surface area contributed by atoms with Gasteiger partial charge in [-0.2, -0.15) is 0 Å². The van der Waals surface area contributed by atoms with Crippen LogP contribution in [0.2, 0.25) is 0 Å². The number of rotatable bonds is 11. The number of methoxy groups -OCH3 is 1. The molecule has 0 aliphatic heterocycles. The molecule has 0 fully saturated rings. The Morgan fingerprint density at radius 3 is 2.42 bits per heavy atom. The van der Waals surface area contributed by atoms with Gasteiger partial charge in [-0.1, -0.05) is 12.1 Å².